The fraction of sp³-hybridized carbons (Fsp3) is 0.692. The second kappa shape index (κ2) is 6.56. The van der Waals surface area contributed by atoms with Gasteiger partial charge in [0.15, 0.2) is 0 Å². The third-order valence-electron chi connectivity index (χ3n) is 3.49. The molecule has 1 fully saturated rings. The Kier molecular flexibility index (Phi) is 4.79. The standard InChI is InChI=1S/C13H23N5O/c1-2-15-11-7-12(18-13(14)17-11)16-8-9-3-5-10(19)6-4-9/h7,9-10,19H,2-6,8H2,1H3,(H4,14,15,16,17,18). The summed E-state index contributed by atoms with van der Waals surface area (Å²) in [5.74, 6) is 2.38. The number of nitrogens with zero attached hydrogens (tertiary/aromatic N) is 2. The summed E-state index contributed by atoms with van der Waals surface area (Å²) < 4.78 is 0. The maximum Gasteiger partial charge on any atom is 0.223 e. The van der Waals surface area contributed by atoms with Crippen molar-refractivity contribution in [1.82, 2.24) is 9.97 Å². The molecule has 5 N–H and O–H groups in total. The molecule has 0 unspecified atom stereocenters. The highest BCUT2D eigenvalue weighted by Gasteiger charge is 2.19. The Labute approximate surface area is 113 Å². The normalized spacial score (nSPS) is 23.1. The number of nitrogen functional groups attached to an aromatic ring is 1. The third kappa shape index (κ3) is 4.24. The van der Waals surface area contributed by atoms with E-state index >= 15 is 0 Å². The molecule has 0 radical (unpaired) electrons. The first-order chi connectivity index (χ1) is 9.17. The van der Waals surface area contributed by atoms with E-state index in [9.17, 15) is 5.11 Å². The maximum absolute atomic E-state index is 9.48. The van der Waals surface area contributed by atoms with E-state index < -0.39 is 0 Å². The second-order valence-corrected chi connectivity index (χ2v) is 5.08. The lowest BCUT2D eigenvalue weighted by Gasteiger charge is -2.25. The van der Waals surface area contributed by atoms with E-state index in [0.29, 0.717) is 5.92 Å². The summed E-state index contributed by atoms with van der Waals surface area (Å²) in [5, 5.41) is 15.9. The molecule has 1 aromatic rings. The summed E-state index contributed by atoms with van der Waals surface area (Å²) in [5.41, 5.74) is 5.68. The molecule has 106 valence electrons. The molecule has 1 heterocycles. The van der Waals surface area contributed by atoms with Gasteiger partial charge in [-0.05, 0) is 38.5 Å². The number of aliphatic hydroxyl groups excluding tert-OH is 1. The van der Waals surface area contributed by atoms with Gasteiger partial charge in [-0.1, -0.05) is 0 Å². The lowest BCUT2D eigenvalue weighted by atomic mass is 9.87. The summed E-state index contributed by atoms with van der Waals surface area (Å²) in [6.45, 7) is 3.68. The minimum Gasteiger partial charge on any atom is -0.393 e. The van der Waals surface area contributed by atoms with Crippen molar-refractivity contribution >= 4 is 17.6 Å². The largest absolute Gasteiger partial charge is 0.393 e. The van der Waals surface area contributed by atoms with Crippen LogP contribution in [0.15, 0.2) is 6.07 Å². The van der Waals surface area contributed by atoms with Crippen molar-refractivity contribution < 1.29 is 5.11 Å². The van der Waals surface area contributed by atoms with Gasteiger partial charge >= 0.3 is 0 Å². The van der Waals surface area contributed by atoms with Gasteiger partial charge in [0.2, 0.25) is 5.95 Å². The van der Waals surface area contributed by atoms with Gasteiger partial charge in [0, 0.05) is 19.2 Å². The molecular weight excluding hydrogens is 242 g/mol. The van der Waals surface area contributed by atoms with Crippen LogP contribution in [-0.4, -0.2) is 34.3 Å². The van der Waals surface area contributed by atoms with Gasteiger partial charge in [-0.2, -0.15) is 9.97 Å². The first kappa shape index (κ1) is 13.9. The van der Waals surface area contributed by atoms with Crippen LogP contribution in [0.3, 0.4) is 0 Å². The molecule has 0 bridgehead atoms. The van der Waals surface area contributed by atoms with E-state index in [2.05, 4.69) is 20.6 Å². The minimum absolute atomic E-state index is 0.105. The highest BCUT2D eigenvalue weighted by Crippen LogP contribution is 2.24. The molecule has 0 aromatic carbocycles. The molecule has 2 rings (SSSR count). The Morgan fingerprint density at radius 1 is 1.21 bits per heavy atom. The number of nitrogens with one attached hydrogen (secondary N) is 2. The van der Waals surface area contributed by atoms with Crippen molar-refractivity contribution in [2.45, 2.75) is 38.7 Å². The van der Waals surface area contributed by atoms with Crippen LogP contribution < -0.4 is 16.4 Å². The van der Waals surface area contributed by atoms with Gasteiger partial charge in [0.1, 0.15) is 11.6 Å². The van der Waals surface area contributed by atoms with Gasteiger partial charge < -0.3 is 21.5 Å². The number of nitrogens with two attached hydrogens (primary N) is 1. The van der Waals surface area contributed by atoms with E-state index in [4.69, 9.17) is 5.73 Å². The van der Waals surface area contributed by atoms with E-state index in [1.54, 1.807) is 0 Å². The third-order valence-corrected chi connectivity index (χ3v) is 3.49. The first-order valence-electron chi connectivity index (χ1n) is 6.97. The number of rotatable bonds is 5. The van der Waals surface area contributed by atoms with Crippen LogP contribution >= 0.6 is 0 Å². The fourth-order valence-corrected chi connectivity index (χ4v) is 2.43. The van der Waals surface area contributed by atoms with Crippen LogP contribution in [0.5, 0.6) is 0 Å². The van der Waals surface area contributed by atoms with Gasteiger partial charge in [0.25, 0.3) is 0 Å². The minimum atomic E-state index is -0.105. The number of hydrogen-bond donors (Lipinski definition) is 4. The molecule has 1 aliphatic carbocycles. The molecule has 6 heteroatoms. The average molecular weight is 265 g/mol. The van der Waals surface area contributed by atoms with Crippen LogP contribution in [0.25, 0.3) is 0 Å². The zero-order chi connectivity index (χ0) is 13.7. The Hall–Kier alpha value is -1.56. The molecule has 1 saturated carbocycles. The van der Waals surface area contributed by atoms with Crippen LogP contribution in [0.4, 0.5) is 17.6 Å². The maximum atomic E-state index is 9.48. The van der Waals surface area contributed by atoms with Gasteiger partial charge in [-0.3, -0.25) is 0 Å². The van der Waals surface area contributed by atoms with Gasteiger partial charge in [-0.15, -0.1) is 0 Å². The van der Waals surface area contributed by atoms with E-state index in [-0.39, 0.29) is 12.1 Å². The van der Waals surface area contributed by atoms with Gasteiger partial charge in [-0.25, -0.2) is 0 Å². The predicted octanol–water partition coefficient (Wildman–Crippen LogP) is 1.45. The SMILES string of the molecule is CCNc1cc(NCC2CCC(O)CC2)nc(N)n1. The van der Waals surface area contributed by atoms with E-state index in [0.717, 1.165) is 50.4 Å². The molecule has 19 heavy (non-hydrogen) atoms. The zero-order valence-electron chi connectivity index (χ0n) is 11.4. The van der Waals surface area contributed by atoms with Crippen molar-refractivity contribution in [3.05, 3.63) is 6.07 Å². The Balaban J connectivity index is 1.88. The number of hydrogen-bond acceptors (Lipinski definition) is 6. The molecule has 1 aliphatic rings. The molecule has 0 saturated heterocycles. The molecule has 0 spiro atoms. The molecule has 1 aromatic heterocycles. The molecular formula is C13H23N5O. The number of aromatic nitrogens is 2. The lowest BCUT2D eigenvalue weighted by molar-refractivity contribution is 0.111. The Bertz CT molecular complexity index is 404. The highest BCUT2D eigenvalue weighted by molar-refractivity contribution is 5.50. The van der Waals surface area contributed by atoms with Crippen molar-refractivity contribution in [3.63, 3.8) is 0 Å². The topological polar surface area (TPSA) is 96.1 Å². The van der Waals surface area contributed by atoms with Crippen LogP contribution in [0, 0.1) is 5.92 Å². The van der Waals surface area contributed by atoms with Crippen LogP contribution in [0.2, 0.25) is 0 Å². The molecule has 0 aliphatic heterocycles. The molecule has 0 atom stereocenters. The van der Waals surface area contributed by atoms with Crippen molar-refractivity contribution in [2.75, 3.05) is 29.5 Å². The quantitative estimate of drug-likeness (QED) is 0.643. The van der Waals surface area contributed by atoms with Crippen LogP contribution in [0.1, 0.15) is 32.6 Å². The molecule has 0 amide bonds. The van der Waals surface area contributed by atoms with Crippen molar-refractivity contribution in [1.29, 1.82) is 0 Å². The predicted molar refractivity (Wildman–Crippen MR) is 77.1 cm³/mol. The smallest absolute Gasteiger partial charge is 0.223 e. The lowest BCUT2D eigenvalue weighted by Crippen LogP contribution is -2.24. The Morgan fingerprint density at radius 3 is 2.47 bits per heavy atom. The van der Waals surface area contributed by atoms with E-state index in [1.807, 2.05) is 13.0 Å². The van der Waals surface area contributed by atoms with Crippen molar-refractivity contribution in [2.24, 2.45) is 5.92 Å². The average Bonchev–Trinajstić information content (AvgIpc) is 2.38. The first-order valence-corrected chi connectivity index (χ1v) is 6.97. The fourth-order valence-electron chi connectivity index (χ4n) is 2.43. The van der Waals surface area contributed by atoms with E-state index in [1.165, 1.54) is 0 Å². The summed E-state index contributed by atoms with van der Waals surface area (Å²) >= 11 is 0. The van der Waals surface area contributed by atoms with Gasteiger partial charge in [0.05, 0.1) is 6.10 Å². The number of aliphatic hydroxyl groups is 1. The summed E-state index contributed by atoms with van der Waals surface area (Å²) in [4.78, 5) is 8.29. The second-order valence-electron chi connectivity index (χ2n) is 5.08. The highest BCUT2D eigenvalue weighted by atomic mass is 16.3. The Morgan fingerprint density at radius 2 is 1.84 bits per heavy atom. The molecule has 6 nitrogen and oxygen atoms in total. The van der Waals surface area contributed by atoms with Crippen LogP contribution in [-0.2, 0) is 0 Å². The number of anilines is 3. The monoisotopic (exact) mass is 265 g/mol. The summed E-state index contributed by atoms with van der Waals surface area (Å²) in [6.07, 6.45) is 3.83. The summed E-state index contributed by atoms with van der Waals surface area (Å²) in [6, 6.07) is 1.87. The zero-order valence-corrected chi connectivity index (χ0v) is 11.4. The van der Waals surface area contributed by atoms with Crippen molar-refractivity contribution in [3.8, 4) is 0 Å². The summed E-state index contributed by atoms with van der Waals surface area (Å²) in [7, 11) is 0.